The average Bonchev–Trinajstić information content (AvgIpc) is 2.78. The summed E-state index contributed by atoms with van der Waals surface area (Å²) in [4.78, 5) is 13.8. The normalized spacial score (nSPS) is 17.8. The van der Waals surface area contributed by atoms with Gasteiger partial charge in [-0.1, -0.05) is 53.2 Å². The van der Waals surface area contributed by atoms with Crippen molar-refractivity contribution >= 4 is 51.6 Å². The second-order valence-electron chi connectivity index (χ2n) is 7.68. The number of fused-ring (bicyclic) bond motifs is 2. The molecule has 0 spiro atoms. The largest absolute Gasteiger partial charge is 0.266 e. The summed E-state index contributed by atoms with van der Waals surface area (Å²) in [5.41, 5.74) is 3.24. The Hall–Kier alpha value is -2.54. The van der Waals surface area contributed by atoms with Gasteiger partial charge in [-0.2, -0.15) is 0 Å². The number of aliphatic imine (C=N–C) groups is 1. The number of aromatic nitrogens is 2. The summed E-state index contributed by atoms with van der Waals surface area (Å²) >= 11 is 14.1. The lowest BCUT2D eigenvalue weighted by Gasteiger charge is -2.32. The van der Waals surface area contributed by atoms with E-state index in [0.717, 1.165) is 22.1 Å². The van der Waals surface area contributed by atoms with Crippen LogP contribution >= 0.6 is 35.0 Å². The second kappa shape index (κ2) is 8.10. The van der Waals surface area contributed by atoms with Crippen molar-refractivity contribution in [1.29, 1.82) is 0 Å². The van der Waals surface area contributed by atoms with Crippen molar-refractivity contribution in [3.63, 3.8) is 0 Å². The van der Waals surface area contributed by atoms with Crippen LogP contribution in [0.3, 0.4) is 0 Å². The third kappa shape index (κ3) is 3.87. The molecule has 0 saturated heterocycles. The zero-order valence-corrected chi connectivity index (χ0v) is 19.1. The smallest absolute Gasteiger partial charge is 0.184 e. The molecule has 0 fully saturated rings. The number of benzene rings is 2. The molecule has 0 N–H and O–H groups in total. The molecule has 0 radical (unpaired) electrons. The highest BCUT2D eigenvalue weighted by Crippen LogP contribution is 2.46. The van der Waals surface area contributed by atoms with E-state index in [-0.39, 0.29) is 5.52 Å². The Morgan fingerprint density at radius 2 is 1.84 bits per heavy atom. The summed E-state index contributed by atoms with van der Waals surface area (Å²) in [6.07, 6.45) is 3.85. The monoisotopic (exact) mass is 485 g/mol. The van der Waals surface area contributed by atoms with Gasteiger partial charge in [-0.3, -0.25) is 9.98 Å². The van der Waals surface area contributed by atoms with E-state index in [1.54, 1.807) is 30.1 Å². The first-order valence-electron chi connectivity index (χ1n) is 9.75. The van der Waals surface area contributed by atoms with Crippen molar-refractivity contribution in [2.75, 3.05) is 0 Å². The predicted octanol–water partition coefficient (Wildman–Crippen LogP) is 7.12. The number of rotatable bonds is 3. The van der Waals surface area contributed by atoms with E-state index in [9.17, 15) is 8.78 Å². The van der Waals surface area contributed by atoms with Gasteiger partial charge in [-0.15, -0.1) is 0 Å². The quantitative estimate of drug-likeness (QED) is 0.290. The van der Waals surface area contributed by atoms with E-state index in [1.165, 1.54) is 12.3 Å². The molecule has 0 bridgehead atoms. The lowest BCUT2D eigenvalue weighted by Crippen LogP contribution is -2.28. The van der Waals surface area contributed by atoms with E-state index in [1.807, 2.05) is 31.2 Å². The zero-order valence-electron chi connectivity index (χ0n) is 16.7. The van der Waals surface area contributed by atoms with Crippen LogP contribution in [-0.2, 0) is 6.42 Å². The molecule has 1 aliphatic heterocycles. The van der Waals surface area contributed by atoms with Crippen molar-refractivity contribution in [2.45, 2.75) is 23.1 Å². The molecule has 0 aliphatic carbocycles. The van der Waals surface area contributed by atoms with Crippen molar-refractivity contribution in [3.05, 3.63) is 99.4 Å². The first-order valence-corrected chi connectivity index (χ1v) is 11.3. The summed E-state index contributed by atoms with van der Waals surface area (Å²) in [6, 6.07) is 13.7. The SMILES string of the molecule is CC1(Cc2ccc(Cl)nc2)N=C(c2cnc3c(F)c(F)ccc3c2)c2cccc(Cl)c2S1. The van der Waals surface area contributed by atoms with Crippen molar-refractivity contribution in [1.82, 2.24) is 9.97 Å². The summed E-state index contributed by atoms with van der Waals surface area (Å²) < 4.78 is 27.8. The van der Waals surface area contributed by atoms with Crippen molar-refractivity contribution in [2.24, 2.45) is 4.99 Å². The molecular formula is C24H15Cl2F2N3S. The fraction of sp³-hybridized carbons (Fsp3) is 0.125. The Labute approximate surface area is 197 Å². The fourth-order valence-electron chi connectivity index (χ4n) is 3.79. The van der Waals surface area contributed by atoms with E-state index in [4.69, 9.17) is 28.2 Å². The molecule has 1 aliphatic rings. The zero-order chi connectivity index (χ0) is 22.5. The van der Waals surface area contributed by atoms with Crippen LogP contribution in [0.1, 0.15) is 23.6 Å². The van der Waals surface area contributed by atoms with Crippen LogP contribution < -0.4 is 0 Å². The molecule has 2 aromatic carbocycles. The van der Waals surface area contributed by atoms with Crippen LogP contribution in [0.2, 0.25) is 10.2 Å². The molecule has 2 aromatic heterocycles. The Morgan fingerprint density at radius 3 is 2.62 bits per heavy atom. The van der Waals surface area contributed by atoms with Crippen LogP contribution in [0.4, 0.5) is 8.78 Å². The summed E-state index contributed by atoms with van der Waals surface area (Å²) in [5.74, 6) is -1.89. The molecule has 1 unspecified atom stereocenters. The third-order valence-corrected chi connectivity index (χ3v) is 7.20. The topological polar surface area (TPSA) is 38.1 Å². The number of pyridine rings is 2. The van der Waals surface area contributed by atoms with E-state index in [0.29, 0.717) is 33.3 Å². The molecule has 0 saturated carbocycles. The van der Waals surface area contributed by atoms with E-state index < -0.39 is 16.5 Å². The van der Waals surface area contributed by atoms with Gasteiger partial charge in [0.25, 0.3) is 0 Å². The summed E-state index contributed by atoms with van der Waals surface area (Å²) in [6.45, 7) is 2.03. The van der Waals surface area contributed by atoms with E-state index >= 15 is 0 Å². The van der Waals surface area contributed by atoms with Gasteiger partial charge in [-0.25, -0.2) is 13.8 Å². The lowest BCUT2D eigenvalue weighted by atomic mass is 10.00. The van der Waals surface area contributed by atoms with E-state index in [2.05, 4.69) is 9.97 Å². The molecule has 1 atom stereocenters. The van der Waals surface area contributed by atoms with Crippen LogP contribution in [0.25, 0.3) is 10.9 Å². The van der Waals surface area contributed by atoms with Crippen LogP contribution in [-0.4, -0.2) is 20.6 Å². The summed E-state index contributed by atoms with van der Waals surface area (Å²) in [7, 11) is 0. The molecule has 160 valence electrons. The molecule has 5 rings (SSSR count). The minimum Gasteiger partial charge on any atom is -0.266 e. The number of hydrogen-bond acceptors (Lipinski definition) is 4. The number of halogens is 4. The Balaban J connectivity index is 1.65. The van der Waals surface area contributed by atoms with Gasteiger partial charge in [-0.05, 0) is 42.8 Å². The Kier molecular flexibility index (Phi) is 5.40. The highest BCUT2D eigenvalue weighted by Gasteiger charge is 2.34. The molecule has 8 heteroatoms. The number of hydrogen-bond donors (Lipinski definition) is 0. The first kappa shape index (κ1) is 21.3. The molecule has 0 amide bonds. The maximum absolute atomic E-state index is 14.2. The second-order valence-corrected chi connectivity index (χ2v) is 9.96. The molecular weight excluding hydrogens is 471 g/mol. The Bertz CT molecular complexity index is 1390. The molecule has 3 heterocycles. The average molecular weight is 486 g/mol. The standard InChI is InChI=1S/C24H15Cl2F2N3S/c1-24(10-13-5-8-19(26)29-11-13)31-21(16-3-2-4-17(25)23(16)32-24)15-9-14-6-7-18(27)20(28)22(14)30-12-15/h2-9,11-12H,10H2,1H3. The molecule has 3 nitrogen and oxygen atoms in total. The maximum atomic E-state index is 14.2. The molecule has 32 heavy (non-hydrogen) atoms. The highest BCUT2D eigenvalue weighted by atomic mass is 35.5. The van der Waals surface area contributed by atoms with Crippen LogP contribution in [0.15, 0.2) is 70.8 Å². The van der Waals surface area contributed by atoms with Gasteiger partial charge in [0.2, 0.25) is 0 Å². The van der Waals surface area contributed by atoms with Gasteiger partial charge < -0.3 is 0 Å². The van der Waals surface area contributed by atoms with Crippen molar-refractivity contribution in [3.8, 4) is 0 Å². The lowest BCUT2D eigenvalue weighted by molar-refractivity contribution is 0.515. The maximum Gasteiger partial charge on any atom is 0.184 e. The minimum absolute atomic E-state index is 0.0131. The first-order chi connectivity index (χ1) is 15.3. The highest BCUT2D eigenvalue weighted by molar-refractivity contribution is 8.01. The fourth-order valence-corrected chi connectivity index (χ4v) is 5.45. The number of thioether (sulfide) groups is 1. The summed E-state index contributed by atoms with van der Waals surface area (Å²) in [5, 5.41) is 1.55. The number of nitrogens with zero attached hydrogens (tertiary/aromatic N) is 3. The van der Waals surface area contributed by atoms with Gasteiger partial charge >= 0.3 is 0 Å². The molecule has 4 aromatic rings. The van der Waals surface area contributed by atoms with Crippen LogP contribution in [0.5, 0.6) is 0 Å². The minimum atomic E-state index is -0.960. The predicted molar refractivity (Wildman–Crippen MR) is 126 cm³/mol. The van der Waals surface area contributed by atoms with Crippen LogP contribution in [0, 0.1) is 11.6 Å². The van der Waals surface area contributed by atoms with Gasteiger partial charge in [0.1, 0.15) is 15.5 Å². The van der Waals surface area contributed by atoms with Gasteiger partial charge in [0.15, 0.2) is 11.6 Å². The third-order valence-electron chi connectivity index (χ3n) is 5.23. The van der Waals surface area contributed by atoms with Crippen molar-refractivity contribution < 1.29 is 8.78 Å². The Morgan fingerprint density at radius 1 is 1.00 bits per heavy atom. The van der Waals surface area contributed by atoms with Gasteiger partial charge in [0.05, 0.1) is 10.7 Å². The van der Waals surface area contributed by atoms with Gasteiger partial charge in [0, 0.05) is 40.2 Å².